The summed E-state index contributed by atoms with van der Waals surface area (Å²) in [6.45, 7) is 2.44. The van der Waals surface area contributed by atoms with Crippen LogP contribution in [0.1, 0.15) is 46.9 Å². The van der Waals surface area contributed by atoms with Crippen LogP contribution < -0.4 is 4.90 Å². The van der Waals surface area contributed by atoms with Gasteiger partial charge >= 0.3 is 5.97 Å². The van der Waals surface area contributed by atoms with E-state index in [-0.39, 0.29) is 27.6 Å². The zero-order chi connectivity index (χ0) is 26.0. The highest BCUT2D eigenvalue weighted by molar-refractivity contribution is 7.89. The molecule has 0 saturated carbocycles. The van der Waals surface area contributed by atoms with Crippen LogP contribution in [0.15, 0.2) is 65.6 Å². The largest absolute Gasteiger partial charge is 0.478 e. The number of carbonyl (C=O) groups excluding carboxylic acids is 1. The summed E-state index contributed by atoms with van der Waals surface area (Å²) < 4.78 is 43.1. The molecular formula is C27H27FN2O5S. The summed E-state index contributed by atoms with van der Waals surface area (Å²) >= 11 is 0. The van der Waals surface area contributed by atoms with Crippen molar-refractivity contribution in [2.45, 2.75) is 37.1 Å². The molecule has 1 aliphatic heterocycles. The number of carbonyl (C=O) groups is 2. The number of rotatable bonds is 7. The number of unbranched alkanes of at least 4 members (excludes halogenated alkanes) is 1. The zero-order valence-electron chi connectivity index (χ0n) is 20.0. The van der Waals surface area contributed by atoms with Gasteiger partial charge in [0.15, 0.2) is 6.29 Å². The molecule has 3 aromatic rings. The quantitative estimate of drug-likeness (QED) is 0.432. The fraction of sp³-hybridized carbons (Fsp3) is 0.259. The highest BCUT2D eigenvalue weighted by Crippen LogP contribution is 2.41. The first-order valence-electron chi connectivity index (χ1n) is 11.7. The molecule has 4 rings (SSSR count). The number of halogens is 1. The SMILES string of the molecule is CCCCC1CN(c2ccccc2)c2cc(C=O)c(-c3ccc(F)c(C(=O)O)c3)cc2S(=O)(=O)N1C. The number of aldehydes is 1. The first-order valence-corrected chi connectivity index (χ1v) is 13.1. The van der Waals surface area contributed by atoms with E-state index >= 15 is 0 Å². The van der Waals surface area contributed by atoms with Crippen LogP contribution in [0, 0.1) is 5.82 Å². The number of sulfonamides is 1. The highest BCUT2D eigenvalue weighted by atomic mass is 32.2. The van der Waals surface area contributed by atoms with E-state index in [0.717, 1.165) is 30.7 Å². The molecule has 1 atom stereocenters. The number of para-hydroxylation sites is 1. The topological polar surface area (TPSA) is 95.0 Å². The molecule has 0 fully saturated rings. The van der Waals surface area contributed by atoms with Crippen molar-refractivity contribution in [2.24, 2.45) is 0 Å². The molecule has 0 radical (unpaired) electrons. The Bertz CT molecular complexity index is 1410. The highest BCUT2D eigenvalue weighted by Gasteiger charge is 2.37. The Morgan fingerprint density at radius 1 is 1.14 bits per heavy atom. The molecule has 0 bridgehead atoms. The Morgan fingerprint density at radius 2 is 1.86 bits per heavy atom. The van der Waals surface area contributed by atoms with Crippen molar-refractivity contribution in [1.82, 2.24) is 4.31 Å². The summed E-state index contributed by atoms with van der Waals surface area (Å²) in [7, 11) is -2.43. The smallest absolute Gasteiger partial charge is 0.338 e. The van der Waals surface area contributed by atoms with Gasteiger partial charge in [0.05, 0.1) is 11.3 Å². The molecule has 1 N–H and O–H groups in total. The summed E-state index contributed by atoms with van der Waals surface area (Å²) in [5.74, 6) is -2.38. The third-order valence-corrected chi connectivity index (χ3v) is 8.52. The van der Waals surface area contributed by atoms with E-state index in [4.69, 9.17) is 0 Å². The van der Waals surface area contributed by atoms with Crippen LogP contribution in [-0.4, -0.2) is 49.7 Å². The summed E-state index contributed by atoms with van der Waals surface area (Å²) in [6.07, 6.45) is 3.02. The second-order valence-corrected chi connectivity index (χ2v) is 10.8. The number of fused-ring (bicyclic) bond motifs is 1. The zero-order valence-corrected chi connectivity index (χ0v) is 20.8. The first-order chi connectivity index (χ1) is 17.2. The van der Waals surface area contributed by atoms with E-state index in [1.165, 1.54) is 22.5 Å². The number of nitrogens with zero attached hydrogens (tertiary/aromatic N) is 2. The Balaban J connectivity index is 1.99. The van der Waals surface area contributed by atoms with E-state index in [1.807, 2.05) is 42.2 Å². The molecule has 3 aromatic carbocycles. The first kappa shape index (κ1) is 25.5. The van der Waals surface area contributed by atoms with Crippen LogP contribution in [0.2, 0.25) is 0 Å². The van der Waals surface area contributed by atoms with E-state index in [1.54, 1.807) is 7.05 Å². The van der Waals surface area contributed by atoms with Crippen molar-refractivity contribution in [3.63, 3.8) is 0 Å². The summed E-state index contributed by atoms with van der Waals surface area (Å²) in [6, 6.07) is 15.4. The average Bonchev–Trinajstić information content (AvgIpc) is 2.95. The van der Waals surface area contributed by atoms with Gasteiger partial charge in [0.2, 0.25) is 10.0 Å². The number of carboxylic acids is 1. The number of benzene rings is 3. The third kappa shape index (κ3) is 4.64. The van der Waals surface area contributed by atoms with E-state index in [2.05, 4.69) is 0 Å². The monoisotopic (exact) mass is 510 g/mol. The van der Waals surface area contributed by atoms with Gasteiger partial charge in [-0.15, -0.1) is 0 Å². The molecule has 0 spiro atoms. The Hall–Kier alpha value is -3.56. The molecule has 1 heterocycles. The minimum Gasteiger partial charge on any atom is -0.478 e. The minimum absolute atomic E-state index is 0.00495. The van der Waals surface area contributed by atoms with Crippen molar-refractivity contribution >= 4 is 33.7 Å². The van der Waals surface area contributed by atoms with Crippen LogP contribution in [0.3, 0.4) is 0 Å². The van der Waals surface area contributed by atoms with Gasteiger partial charge in [-0.2, -0.15) is 4.31 Å². The molecule has 0 saturated heterocycles. The number of hydrogen-bond acceptors (Lipinski definition) is 5. The maximum absolute atomic E-state index is 14.0. The van der Waals surface area contributed by atoms with Crippen LogP contribution in [-0.2, 0) is 10.0 Å². The van der Waals surface area contributed by atoms with Gasteiger partial charge in [-0.1, -0.05) is 44.0 Å². The number of hydrogen-bond donors (Lipinski definition) is 1. The predicted molar refractivity (Wildman–Crippen MR) is 136 cm³/mol. The maximum atomic E-state index is 14.0. The molecule has 0 amide bonds. The molecule has 188 valence electrons. The van der Waals surface area contributed by atoms with Gasteiger partial charge in [0, 0.05) is 30.9 Å². The van der Waals surface area contributed by atoms with Gasteiger partial charge in [-0.25, -0.2) is 17.6 Å². The van der Waals surface area contributed by atoms with Gasteiger partial charge in [0.1, 0.15) is 10.7 Å². The lowest BCUT2D eigenvalue weighted by Gasteiger charge is -2.29. The second-order valence-electron chi connectivity index (χ2n) is 8.79. The lowest BCUT2D eigenvalue weighted by atomic mass is 9.97. The Kier molecular flexibility index (Phi) is 7.23. The summed E-state index contributed by atoms with van der Waals surface area (Å²) in [5, 5.41) is 9.35. The maximum Gasteiger partial charge on any atom is 0.338 e. The molecule has 0 aliphatic carbocycles. The third-order valence-electron chi connectivity index (χ3n) is 6.58. The normalized spacial score (nSPS) is 17.3. The molecule has 36 heavy (non-hydrogen) atoms. The van der Waals surface area contributed by atoms with E-state index < -0.39 is 27.4 Å². The molecule has 1 unspecified atom stereocenters. The van der Waals surface area contributed by atoms with Crippen molar-refractivity contribution in [3.8, 4) is 11.1 Å². The van der Waals surface area contributed by atoms with Crippen LogP contribution in [0.25, 0.3) is 11.1 Å². The molecular weight excluding hydrogens is 483 g/mol. The van der Waals surface area contributed by atoms with Crippen molar-refractivity contribution in [3.05, 3.63) is 77.6 Å². The molecule has 0 aromatic heterocycles. The average molecular weight is 511 g/mol. The fourth-order valence-corrected chi connectivity index (χ4v) is 6.12. The number of anilines is 2. The van der Waals surface area contributed by atoms with E-state index in [9.17, 15) is 27.5 Å². The number of carboxylic acid groups (broad SMARTS) is 1. The minimum atomic E-state index is -3.98. The van der Waals surface area contributed by atoms with Crippen molar-refractivity contribution < 1.29 is 27.5 Å². The standard InChI is InChI=1S/C27H27FN2O5S/c1-3-4-8-21-16-30(20-9-6-5-7-10-20)25-14-19(17-31)22(15-26(25)36(34,35)29(21)2)18-11-12-24(28)23(13-18)27(32)33/h5-7,9-15,17,21H,3-4,8,16H2,1-2H3,(H,32,33). The summed E-state index contributed by atoms with van der Waals surface area (Å²) in [4.78, 5) is 25.6. The predicted octanol–water partition coefficient (Wildman–Crippen LogP) is 5.33. The van der Waals surface area contributed by atoms with Crippen LogP contribution >= 0.6 is 0 Å². The van der Waals surface area contributed by atoms with Gasteiger partial charge in [-0.3, -0.25) is 4.79 Å². The van der Waals surface area contributed by atoms with Crippen molar-refractivity contribution in [1.29, 1.82) is 0 Å². The Morgan fingerprint density at radius 3 is 2.50 bits per heavy atom. The van der Waals surface area contributed by atoms with Crippen LogP contribution in [0.4, 0.5) is 15.8 Å². The Labute approximate surface area is 209 Å². The molecule has 1 aliphatic rings. The fourth-order valence-electron chi connectivity index (χ4n) is 4.55. The van der Waals surface area contributed by atoms with Crippen LogP contribution in [0.5, 0.6) is 0 Å². The number of aromatic carboxylic acids is 1. The van der Waals surface area contributed by atoms with Gasteiger partial charge < -0.3 is 10.0 Å². The lowest BCUT2D eigenvalue weighted by Crippen LogP contribution is -2.40. The van der Waals surface area contributed by atoms with Crippen molar-refractivity contribution in [2.75, 3.05) is 18.5 Å². The van der Waals surface area contributed by atoms with E-state index in [0.29, 0.717) is 24.9 Å². The summed E-state index contributed by atoms with van der Waals surface area (Å²) in [5.41, 5.74) is 1.19. The van der Waals surface area contributed by atoms with Gasteiger partial charge in [0.25, 0.3) is 0 Å². The van der Waals surface area contributed by atoms with Gasteiger partial charge in [-0.05, 0) is 53.9 Å². The lowest BCUT2D eigenvalue weighted by molar-refractivity contribution is 0.0691. The second kappa shape index (κ2) is 10.2. The molecule has 9 heteroatoms. The molecule has 7 nitrogen and oxygen atoms in total. The number of likely N-dealkylation sites (N-methyl/N-ethyl adjacent to an activating group) is 1.